The van der Waals surface area contributed by atoms with Gasteiger partial charge in [0.2, 0.25) is 0 Å². The molecule has 1 amide bonds. The summed E-state index contributed by atoms with van der Waals surface area (Å²) in [5, 5.41) is 3.29. The molecule has 0 saturated carbocycles. The summed E-state index contributed by atoms with van der Waals surface area (Å²) >= 11 is 1.73. The van der Waals surface area contributed by atoms with Crippen LogP contribution in [0.1, 0.15) is 65.1 Å². The third-order valence-electron chi connectivity index (χ3n) is 6.41. The lowest BCUT2D eigenvalue weighted by molar-refractivity contribution is -0.0142. The summed E-state index contributed by atoms with van der Waals surface area (Å²) in [6.45, 7) is 5.99. The summed E-state index contributed by atoms with van der Waals surface area (Å²) in [6, 6.07) is 2.17. The van der Waals surface area contributed by atoms with Gasteiger partial charge in [0, 0.05) is 36.6 Å². The third kappa shape index (κ3) is 4.32. The summed E-state index contributed by atoms with van der Waals surface area (Å²) in [5.74, 6) is 0.135. The van der Waals surface area contributed by atoms with Crippen molar-refractivity contribution in [1.29, 1.82) is 0 Å². The highest BCUT2D eigenvalue weighted by Gasteiger charge is 2.36. The predicted molar refractivity (Wildman–Crippen MR) is 106 cm³/mol. The minimum absolute atomic E-state index is 0.135. The lowest BCUT2D eigenvalue weighted by Crippen LogP contribution is -2.51. The van der Waals surface area contributed by atoms with Crippen molar-refractivity contribution in [2.24, 2.45) is 5.41 Å². The van der Waals surface area contributed by atoms with Crippen LogP contribution in [0.2, 0.25) is 0 Å². The lowest BCUT2D eigenvalue weighted by Gasteiger charge is -2.44. The van der Waals surface area contributed by atoms with E-state index >= 15 is 0 Å². The third-order valence-corrected chi connectivity index (χ3v) is 7.64. The molecule has 0 atom stereocenters. The van der Waals surface area contributed by atoms with Crippen molar-refractivity contribution in [2.75, 3.05) is 39.4 Å². The summed E-state index contributed by atoms with van der Waals surface area (Å²) in [7, 11) is 0. The second-order valence-corrected chi connectivity index (χ2v) is 9.53. The summed E-state index contributed by atoms with van der Waals surface area (Å²) in [6.07, 6.45) is 10.9. The number of nitrogens with zero attached hydrogens (tertiary/aromatic N) is 1. The fraction of sp³-hybridized carbons (Fsp3) is 0.762. The Kier molecular flexibility index (Phi) is 5.97. The van der Waals surface area contributed by atoms with Gasteiger partial charge in [0.15, 0.2) is 0 Å². The van der Waals surface area contributed by atoms with Crippen molar-refractivity contribution in [3.05, 3.63) is 21.4 Å². The van der Waals surface area contributed by atoms with E-state index in [9.17, 15) is 4.79 Å². The topological polar surface area (TPSA) is 41.6 Å². The molecule has 2 aliphatic heterocycles. The minimum Gasteiger partial charge on any atom is -0.381 e. The molecule has 4 nitrogen and oxygen atoms in total. The van der Waals surface area contributed by atoms with Gasteiger partial charge in [0.1, 0.15) is 0 Å². The first-order valence-corrected chi connectivity index (χ1v) is 11.3. The molecule has 0 aromatic carbocycles. The van der Waals surface area contributed by atoms with Crippen molar-refractivity contribution < 1.29 is 9.53 Å². The number of hydrogen-bond donors (Lipinski definition) is 1. The molecule has 2 saturated heterocycles. The van der Waals surface area contributed by atoms with Crippen molar-refractivity contribution in [1.82, 2.24) is 10.2 Å². The van der Waals surface area contributed by atoms with Crippen LogP contribution < -0.4 is 5.32 Å². The highest BCUT2D eigenvalue weighted by Crippen LogP contribution is 2.33. The van der Waals surface area contributed by atoms with E-state index in [1.807, 2.05) is 0 Å². The number of carbonyl (C=O) groups excluding carboxylic acids is 1. The van der Waals surface area contributed by atoms with E-state index in [0.717, 1.165) is 56.9 Å². The molecule has 5 heteroatoms. The minimum atomic E-state index is 0.135. The van der Waals surface area contributed by atoms with Gasteiger partial charge in [-0.2, -0.15) is 0 Å². The molecule has 144 valence electrons. The first kappa shape index (κ1) is 18.5. The molecule has 1 N–H and O–H groups in total. The molecular weight excluding hydrogens is 344 g/mol. The average Bonchev–Trinajstić information content (AvgIpc) is 2.99. The first-order chi connectivity index (χ1) is 12.7. The number of ether oxygens (including phenoxy) is 1. The van der Waals surface area contributed by atoms with Gasteiger partial charge in [0.05, 0.1) is 4.88 Å². The molecule has 26 heavy (non-hydrogen) atoms. The van der Waals surface area contributed by atoms with Crippen molar-refractivity contribution in [3.8, 4) is 0 Å². The number of nitrogens with one attached hydrogen (secondary N) is 1. The smallest absolute Gasteiger partial charge is 0.261 e. The van der Waals surface area contributed by atoms with E-state index in [1.165, 1.54) is 55.6 Å². The Morgan fingerprint density at radius 1 is 1.12 bits per heavy atom. The molecule has 0 unspecified atom stereocenters. The zero-order chi connectivity index (χ0) is 17.8. The predicted octanol–water partition coefficient (Wildman–Crippen LogP) is 3.64. The van der Waals surface area contributed by atoms with Crippen molar-refractivity contribution in [2.45, 2.75) is 57.8 Å². The Bertz CT molecular complexity index is 592. The van der Waals surface area contributed by atoms with Crippen LogP contribution in [0.25, 0.3) is 0 Å². The Hall–Kier alpha value is -0.910. The average molecular weight is 377 g/mol. The highest BCUT2D eigenvalue weighted by molar-refractivity contribution is 7.14. The Morgan fingerprint density at radius 2 is 1.88 bits per heavy atom. The van der Waals surface area contributed by atoms with E-state index in [2.05, 4.69) is 16.3 Å². The van der Waals surface area contributed by atoms with Crippen LogP contribution in [0.5, 0.6) is 0 Å². The molecule has 3 heterocycles. The van der Waals surface area contributed by atoms with E-state index in [1.54, 1.807) is 11.3 Å². The maximum Gasteiger partial charge on any atom is 0.261 e. The normalized spacial score (nSPS) is 23.4. The molecule has 1 aromatic heterocycles. The number of aryl methyl sites for hydroxylation is 2. The number of likely N-dealkylation sites (tertiary alicyclic amines) is 1. The number of fused-ring (bicyclic) bond motifs is 1. The van der Waals surface area contributed by atoms with Crippen LogP contribution in [-0.2, 0) is 17.6 Å². The number of carbonyl (C=O) groups is 1. The standard InChI is InChI=1S/C21H32N2O2S/c24-20(19-14-17-6-3-1-2-4-7-18(17)26-19)22-15-21(8-12-25-13-9-21)16-23-10-5-11-23/h14H,1-13,15-16H2,(H,22,24). The maximum atomic E-state index is 12.8. The van der Waals surface area contributed by atoms with Gasteiger partial charge >= 0.3 is 0 Å². The second-order valence-electron chi connectivity index (χ2n) is 8.40. The van der Waals surface area contributed by atoms with Crippen LogP contribution >= 0.6 is 11.3 Å². The second kappa shape index (κ2) is 8.41. The monoisotopic (exact) mass is 376 g/mol. The quantitative estimate of drug-likeness (QED) is 0.853. The van der Waals surface area contributed by atoms with Crippen molar-refractivity contribution >= 4 is 17.2 Å². The molecule has 4 rings (SSSR count). The number of amides is 1. The van der Waals surface area contributed by atoms with Gasteiger partial charge in [-0.1, -0.05) is 12.8 Å². The number of rotatable bonds is 5. The van der Waals surface area contributed by atoms with Crippen LogP contribution in [0.15, 0.2) is 6.07 Å². The molecule has 3 aliphatic rings. The molecule has 1 aromatic rings. The van der Waals surface area contributed by atoms with Crippen LogP contribution in [0.4, 0.5) is 0 Å². The van der Waals surface area contributed by atoms with Gasteiger partial charge in [-0.05, 0) is 69.7 Å². The lowest BCUT2D eigenvalue weighted by atomic mass is 9.79. The SMILES string of the molecule is O=C(NCC1(CN2CCC2)CCOCC1)c1cc2c(s1)CCCCCC2. The molecule has 0 spiro atoms. The number of hydrogen-bond acceptors (Lipinski definition) is 4. The van der Waals surface area contributed by atoms with Crippen molar-refractivity contribution in [3.63, 3.8) is 0 Å². The van der Waals surface area contributed by atoms with Gasteiger partial charge < -0.3 is 15.0 Å². The molecule has 0 bridgehead atoms. The molecular formula is C21H32N2O2S. The maximum absolute atomic E-state index is 12.8. The Morgan fingerprint density at radius 3 is 2.62 bits per heavy atom. The Labute approximate surface area is 161 Å². The van der Waals surface area contributed by atoms with E-state index in [-0.39, 0.29) is 11.3 Å². The zero-order valence-corrected chi connectivity index (χ0v) is 16.7. The first-order valence-electron chi connectivity index (χ1n) is 10.4. The zero-order valence-electron chi connectivity index (χ0n) is 15.9. The highest BCUT2D eigenvalue weighted by atomic mass is 32.1. The van der Waals surface area contributed by atoms with Gasteiger partial charge in [-0.3, -0.25) is 4.79 Å². The molecule has 2 fully saturated rings. The molecule has 1 aliphatic carbocycles. The van der Waals surface area contributed by atoms with E-state index < -0.39 is 0 Å². The van der Waals surface area contributed by atoms with E-state index in [4.69, 9.17) is 4.74 Å². The summed E-state index contributed by atoms with van der Waals surface area (Å²) in [5.41, 5.74) is 1.63. The summed E-state index contributed by atoms with van der Waals surface area (Å²) < 4.78 is 5.60. The number of thiophene rings is 1. The van der Waals surface area contributed by atoms with E-state index in [0.29, 0.717) is 0 Å². The van der Waals surface area contributed by atoms with Crippen LogP contribution in [-0.4, -0.2) is 50.2 Å². The van der Waals surface area contributed by atoms with Gasteiger partial charge in [0.25, 0.3) is 5.91 Å². The van der Waals surface area contributed by atoms with Gasteiger partial charge in [-0.15, -0.1) is 11.3 Å². The molecule has 0 radical (unpaired) electrons. The van der Waals surface area contributed by atoms with Gasteiger partial charge in [-0.25, -0.2) is 0 Å². The fourth-order valence-corrected chi connectivity index (χ4v) is 5.69. The Balaban J connectivity index is 1.39. The van der Waals surface area contributed by atoms with Crippen LogP contribution in [0.3, 0.4) is 0 Å². The largest absolute Gasteiger partial charge is 0.381 e. The summed E-state index contributed by atoms with van der Waals surface area (Å²) in [4.78, 5) is 17.8. The van der Waals surface area contributed by atoms with Crippen LogP contribution in [0, 0.1) is 5.41 Å². The fourth-order valence-electron chi connectivity index (χ4n) is 4.52.